The Morgan fingerprint density at radius 2 is 1.46 bits per heavy atom. The number of hydrogen-bond acceptors (Lipinski definition) is 5. The molecule has 8 nitrogen and oxygen atoms in total. The van der Waals surface area contributed by atoms with Crippen molar-refractivity contribution in [2.24, 2.45) is 0 Å². The van der Waals surface area contributed by atoms with E-state index in [2.05, 4.69) is 14.7 Å². The lowest BCUT2D eigenvalue weighted by molar-refractivity contribution is -0.274. The number of halogens is 4. The van der Waals surface area contributed by atoms with Crippen LogP contribution in [0.25, 0.3) is 11.0 Å². The lowest BCUT2D eigenvalue weighted by Crippen LogP contribution is -2.29. The summed E-state index contributed by atoms with van der Waals surface area (Å²) >= 11 is 0. The minimum Gasteiger partial charge on any atom is -0.406 e. The monoisotopic (exact) mass is 419 g/mol. The number of aromatic nitrogens is 2. The average Bonchev–Trinajstić information content (AvgIpc) is 2.56. The number of aromatic amines is 2. The molecule has 3 rings (SSSR count). The first-order valence-electron chi connectivity index (χ1n) is 7.29. The molecule has 148 valence electrons. The predicted molar refractivity (Wildman–Crippen MR) is 89.1 cm³/mol. The number of hydrogen-bond donors (Lipinski definition) is 3. The van der Waals surface area contributed by atoms with Crippen molar-refractivity contribution in [3.05, 3.63) is 62.9 Å². The second-order valence-corrected chi connectivity index (χ2v) is 7.06. The van der Waals surface area contributed by atoms with Gasteiger partial charge in [-0.15, -0.1) is 13.2 Å². The molecule has 13 heteroatoms. The standard InChI is InChI=1S/C15H9F4N3O5S/c16-9-5-10-11(21-14(24)13(23)20-10)6-12(9)28(25,26)22-7-1-3-8(4-2-7)27-15(17,18)19/h1-6,22H,(H,20,23)(H,21,24). The van der Waals surface area contributed by atoms with Crippen LogP contribution in [-0.2, 0) is 10.0 Å². The summed E-state index contributed by atoms with van der Waals surface area (Å²) in [5.74, 6) is -1.80. The zero-order chi connectivity index (χ0) is 20.7. The zero-order valence-electron chi connectivity index (χ0n) is 13.4. The van der Waals surface area contributed by atoms with Crippen LogP contribution in [0.15, 0.2) is 50.9 Å². The molecule has 0 unspecified atom stereocenters. The van der Waals surface area contributed by atoms with Crippen molar-refractivity contribution in [1.82, 2.24) is 9.97 Å². The molecule has 0 saturated heterocycles. The van der Waals surface area contributed by atoms with E-state index in [-0.39, 0.29) is 16.7 Å². The van der Waals surface area contributed by atoms with E-state index in [1.807, 2.05) is 4.72 Å². The molecule has 0 spiro atoms. The van der Waals surface area contributed by atoms with Gasteiger partial charge in [0.15, 0.2) is 0 Å². The van der Waals surface area contributed by atoms with Gasteiger partial charge in [0, 0.05) is 11.8 Å². The van der Waals surface area contributed by atoms with Gasteiger partial charge in [0.25, 0.3) is 10.0 Å². The highest BCUT2D eigenvalue weighted by Crippen LogP contribution is 2.26. The Bertz CT molecular complexity index is 1260. The van der Waals surface area contributed by atoms with Gasteiger partial charge in [-0.05, 0) is 30.3 Å². The van der Waals surface area contributed by atoms with Crippen LogP contribution < -0.4 is 20.6 Å². The van der Waals surface area contributed by atoms with Gasteiger partial charge < -0.3 is 14.7 Å². The SMILES string of the molecule is O=c1[nH]c2cc(F)c(S(=O)(=O)Nc3ccc(OC(F)(F)F)cc3)cc2[nH]c1=O. The van der Waals surface area contributed by atoms with E-state index in [1.54, 1.807) is 0 Å². The Labute approximate surface area is 152 Å². The van der Waals surface area contributed by atoms with E-state index < -0.39 is 44.0 Å². The Hall–Kier alpha value is -3.35. The van der Waals surface area contributed by atoms with Gasteiger partial charge in [-0.25, -0.2) is 12.8 Å². The van der Waals surface area contributed by atoms with Crippen LogP contribution in [0.4, 0.5) is 23.2 Å². The number of fused-ring (bicyclic) bond motifs is 1. The predicted octanol–water partition coefficient (Wildman–Crippen LogP) is 2.05. The summed E-state index contributed by atoms with van der Waals surface area (Å²) in [7, 11) is -4.51. The lowest BCUT2D eigenvalue weighted by atomic mass is 10.3. The van der Waals surface area contributed by atoms with Crippen LogP contribution in [0.2, 0.25) is 0 Å². The first-order chi connectivity index (χ1) is 12.9. The number of ether oxygens (including phenoxy) is 1. The molecule has 0 fully saturated rings. The third kappa shape index (κ3) is 4.14. The van der Waals surface area contributed by atoms with Crippen LogP contribution in [0.3, 0.4) is 0 Å². The molecule has 0 bridgehead atoms. The number of anilines is 1. The van der Waals surface area contributed by atoms with Gasteiger partial charge in [0.05, 0.1) is 11.0 Å². The van der Waals surface area contributed by atoms with Gasteiger partial charge in [-0.3, -0.25) is 14.3 Å². The molecule has 1 aromatic heterocycles. The summed E-state index contributed by atoms with van der Waals surface area (Å²) in [5, 5.41) is 0. The van der Waals surface area contributed by atoms with E-state index in [4.69, 9.17) is 0 Å². The maximum Gasteiger partial charge on any atom is 0.573 e. The number of H-pyrrole nitrogens is 2. The number of sulfonamides is 1. The third-order valence-corrected chi connectivity index (χ3v) is 4.80. The molecule has 28 heavy (non-hydrogen) atoms. The number of nitrogens with one attached hydrogen (secondary N) is 3. The topological polar surface area (TPSA) is 121 Å². The van der Waals surface area contributed by atoms with Gasteiger partial charge in [0.2, 0.25) is 0 Å². The quantitative estimate of drug-likeness (QED) is 0.442. The molecule has 1 heterocycles. The van der Waals surface area contributed by atoms with Crippen LogP contribution in [-0.4, -0.2) is 24.7 Å². The van der Waals surface area contributed by atoms with E-state index in [0.29, 0.717) is 6.07 Å². The van der Waals surface area contributed by atoms with Crippen molar-refractivity contribution in [2.75, 3.05) is 4.72 Å². The minimum absolute atomic E-state index is 0.130. The van der Waals surface area contributed by atoms with Crippen LogP contribution in [0.5, 0.6) is 5.75 Å². The van der Waals surface area contributed by atoms with E-state index in [0.717, 1.165) is 30.3 Å². The van der Waals surface area contributed by atoms with E-state index in [1.165, 1.54) is 0 Å². The highest BCUT2D eigenvalue weighted by molar-refractivity contribution is 7.92. The maximum absolute atomic E-state index is 14.2. The second kappa shape index (κ2) is 6.67. The van der Waals surface area contributed by atoms with Crippen molar-refractivity contribution in [1.29, 1.82) is 0 Å². The molecular formula is C15H9F4N3O5S. The third-order valence-electron chi connectivity index (χ3n) is 3.40. The summed E-state index contributed by atoms with van der Waals surface area (Å²) in [6.45, 7) is 0. The first-order valence-corrected chi connectivity index (χ1v) is 8.77. The molecule has 0 amide bonds. The Morgan fingerprint density at radius 3 is 2.00 bits per heavy atom. The Kier molecular flexibility index (Phi) is 4.62. The maximum atomic E-state index is 14.2. The molecule has 3 aromatic rings. The molecule has 2 aromatic carbocycles. The molecule has 0 saturated carbocycles. The summed E-state index contributed by atoms with van der Waals surface area (Å²) in [6.07, 6.45) is -4.91. The van der Waals surface area contributed by atoms with Crippen molar-refractivity contribution in [3.8, 4) is 5.75 Å². The van der Waals surface area contributed by atoms with Crippen molar-refractivity contribution >= 4 is 26.7 Å². The summed E-state index contributed by atoms with van der Waals surface area (Å²) < 4.78 is 81.1. The van der Waals surface area contributed by atoms with Crippen molar-refractivity contribution in [2.45, 2.75) is 11.3 Å². The zero-order valence-corrected chi connectivity index (χ0v) is 14.2. The number of rotatable bonds is 4. The summed E-state index contributed by atoms with van der Waals surface area (Å²) in [5.41, 5.74) is -2.53. The normalized spacial score (nSPS) is 12.1. The van der Waals surface area contributed by atoms with Crippen molar-refractivity contribution in [3.63, 3.8) is 0 Å². The van der Waals surface area contributed by atoms with Crippen LogP contribution >= 0.6 is 0 Å². The van der Waals surface area contributed by atoms with Crippen LogP contribution in [0, 0.1) is 5.82 Å². The number of alkyl halides is 3. The van der Waals surface area contributed by atoms with Gasteiger partial charge in [0.1, 0.15) is 16.5 Å². The second-order valence-electron chi connectivity index (χ2n) is 5.41. The molecule has 0 radical (unpaired) electrons. The molecule has 0 aliphatic carbocycles. The lowest BCUT2D eigenvalue weighted by Gasteiger charge is -2.12. The molecule has 0 aliphatic rings. The van der Waals surface area contributed by atoms with Crippen LogP contribution in [0.1, 0.15) is 0 Å². The Morgan fingerprint density at radius 1 is 0.929 bits per heavy atom. The summed E-state index contributed by atoms with van der Waals surface area (Å²) in [6, 6.07) is 5.20. The largest absolute Gasteiger partial charge is 0.573 e. The highest BCUT2D eigenvalue weighted by Gasteiger charge is 2.31. The molecule has 0 aliphatic heterocycles. The van der Waals surface area contributed by atoms with Gasteiger partial charge >= 0.3 is 17.5 Å². The van der Waals surface area contributed by atoms with E-state index >= 15 is 0 Å². The smallest absolute Gasteiger partial charge is 0.406 e. The fourth-order valence-corrected chi connectivity index (χ4v) is 3.40. The highest BCUT2D eigenvalue weighted by atomic mass is 32.2. The molecule has 3 N–H and O–H groups in total. The summed E-state index contributed by atoms with van der Waals surface area (Å²) in [4.78, 5) is 26.0. The fraction of sp³-hybridized carbons (Fsp3) is 0.0667. The minimum atomic E-state index is -4.91. The molecule has 0 atom stereocenters. The van der Waals surface area contributed by atoms with Gasteiger partial charge in [-0.1, -0.05) is 0 Å². The Balaban J connectivity index is 1.94. The first kappa shape index (κ1) is 19.4. The number of benzene rings is 2. The average molecular weight is 419 g/mol. The fourth-order valence-electron chi connectivity index (χ4n) is 2.26. The van der Waals surface area contributed by atoms with Gasteiger partial charge in [-0.2, -0.15) is 0 Å². The molecular weight excluding hydrogens is 410 g/mol. The van der Waals surface area contributed by atoms with E-state index in [9.17, 15) is 35.6 Å². The van der Waals surface area contributed by atoms with Crippen molar-refractivity contribution < 1.29 is 30.7 Å².